The summed E-state index contributed by atoms with van der Waals surface area (Å²) in [6, 6.07) is 9.73. The molecule has 1 amide bonds. The summed E-state index contributed by atoms with van der Waals surface area (Å²) in [5.74, 6) is -2.76. The second kappa shape index (κ2) is 6.82. The van der Waals surface area contributed by atoms with Gasteiger partial charge in [-0.1, -0.05) is 29.8 Å². The Kier molecular flexibility index (Phi) is 4.85. The lowest BCUT2D eigenvalue weighted by atomic mass is 10.1. The third-order valence-corrected chi connectivity index (χ3v) is 3.03. The number of rotatable bonds is 3. The highest BCUT2D eigenvalue weighted by molar-refractivity contribution is 6.33. The summed E-state index contributed by atoms with van der Waals surface area (Å²) in [6.07, 6.45) is 0.364. The van der Waals surface area contributed by atoms with E-state index in [1.54, 1.807) is 18.2 Å². The van der Waals surface area contributed by atoms with Gasteiger partial charge in [0.2, 0.25) is 0 Å². The zero-order valence-electron chi connectivity index (χ0n) is 11.0. The topological polar surface area (TPSA) is 72.5 Å². The molecule has 2 rings (SSSR count). The van der Waals surface area contributed by atoms with Crippen LogP contribution >= 0.6 is 11.6 Å². The Balaban J connectivity index is 2.08. The fourth-order valence-corrected chi connectivity index (χ4v) is 1.82. The Morgan fingerprint density at radius 2 is 1.86 bits per heavy atom. The third-order valence-electron chi connectivity index (χ3n) is 2.70. The van der Waals surface area contributed by atoms with Crippen molar-refractivity contribution in [1.82, 2.24) is 5.48 Å². The molecule has 0 bridgehead atoms. The largest absolute Gasteiger partial charge is 0.362 e. The summed E-state index contributed by atoms with van der Waals surface area (Å²) < 4.78 is 13.7. The molecule has 0 heterocycles. The minimum absolute atomic E-state index is 0.0861. The van der Waals surface area contributed by atoms with Crippen molar-refractivity contribution < 1.29 is 23.6 Å². The van der Waals surface area contributed by atoms with Crippen LogP contribution in [0.1, 0.15) is 31.1 Å². The number of carbonyl (C=O) groups is 3. The lowest BCUT2D eigenvalue weighted by Gasteiger charge is -2.07. The van der Waals surface area contributed by atoms with Gasteiger partial charge in [0.1, 0.15) is 5.82 Å². The highest BCUT2D eigenvalue weighted by Gasteiger charge is 2.17. The highest BCUT2D eigenvalue weighted by Crippen LogP contribution is 2.19. The molecule has 0 saturated carbocycles. The van der Waals surface area contributed by atoms with E-state index in [0.717, 1.165) is 12.1 Å². The van der Waals surface area contributed by atoms with Gasteiger partial charge in [-0.05, 0) is 24.3 Å². The molecule has 0 fully saturated rings. The van der Waals surface area contributed by atoms with Gasteiger partial charge in [0.05, 0.1) is 16.1 Å². The number of aldehydes is 1. The van der Waals surface area contributed by atoms with E-state index >= 15 is 0 Å². The zero-order valence-corrected chi connectivity index (χ0v) is 11.8. The molecule has 2 aromatic carbocycles. The first kappa shape index (κ1) is 15.7. The first-order valence-electron chi connectivity index (χ1n) is 6.03. The van der Waals surface area contributed by atoms with Crippen LogP contribution in [0.15, 0.2) is 42.5 Å². The molecular weight excluding hydrogens is 313 g/mol. The van der Waals surface area contributed by atoms with Crippen LogP contribution in [0.25, 0.3) is 0 Å². The summed E-state index contributed by atoms with van der Waals surface area (Å²) in [5.41, 5.74) is 1.51. The molecule has 0 aliphatic carbocycles. The van der Waals surface area contributed by atoms with E-state index in [1.807, 2.05) is 5.48 Å². The maximum Gasteiger partial charge on any atom is 0.362 e. The summed E-state index contributed by atoms with van der Waals surface area (Å²) in [5, 5.41) is -0.0871. The van der Waals surface area contributed by atoms with Crippen molar-refractivity contribution in [2.24, 2.45) is 0 Å². The smallest absolute Gasteiger partial charge is 0.335 e. The van der Waals surface area contributed by atoms with Crippen LogP contribution in [0.2, 0.25) is 5.02 Å². The van der Waals surface area contributed by atoms with Crippen molar-refractivity contribution in [1.29, 1.82) is 0 Å². The second-order valence-electron chi connectivity index (χ2n) is 4.16. The number of hydrogen-bond donors (Lipinski definition) is 1. The van der Waals surface area contributed by atoms with Gasteiger partial charge in [0.15, 0.2) is 6.29 Å². The lowest BCUT2D eigenvalue weighted by molar-refractivity contribution is 0.0228. The first-order valence-corrected chi connectivity index (χ1v) is 6.41. The average Bonchev–Trinajstić information content (AvgIpc) is 2.54. The Morgan fingerprint density at radius 1 is 1.18 bits per heavy atom. The van der Waals surface area contributed by atoms with E-state index in [2.05, 4.69) is 4.84 Å². The standard InChI is InChI=1S/C15H9ClFNO4/c16-12-7-11(13(17)6-10(12)8-19)14(20)18-22-15(21)9-4-2-1-3-5-9/h1-8H,(H,18,20). The van der Waals surface area contributed by atoms with Gasteiger partial charge in [0, 0.05) is 5.56 Å². The molecule has 0 spiro atoms. The summed E-state index contributed by atoms with van der Waals surface area (Å²) in [4.78, 5) is 38.6. The maximum absolute atomic E-state index is 13.7. The molecule has 0 radical (unpaired) electrons. The Bertz CT molecular complexity index is 734. The van der Waals surface area contributed by atoms with E-state index in [1.165, 1.54) is 12.1 Å². The highest BCUT2D eigenvalue weighted by atomic mass is 35.5. The molecule has 112 valence electrons. The first-order chi connectivity index (χ1) is 10.5. The van der Waals surface area contributed by atoms with Crippen molar-refractivity contribution in [3.8, 4) is 0 Å². The molecule has 7 heteroatoms. The van der Waals surface area contributed by atoms with Crippen LogP contribution in [0.4, 0.5) is 4.39 Å². The van der Waals surface area contributed by atoms with Crippen molar-refractivity contribution in [2.45, 2.75) is 0 Å². The van der Waals surface area contributed by atoms with Crippen molar-refractivity contribution in [3.05, 3.63) is 70.0 Å². The molecule has 0 atom stereocenters. The van der Waals surface area contributed by atoms with Gasteiger partial charge in [0.25, 0.3) is 5.91 Å². The number of hydrogen-bond acceptors (Lipinski definition) is 4. The van der Waals surface area contributed by atoms with E-state index in [9.17, 15) is 18.8 Å². The Labute approximate surface area is 129 Å². The molecule has 5 nitrogen and oxygen atoms in total. The minimum Gasteiger partial charge on any atom is -0.335 e. The molecular formula is C15H9ClFNO4. The predicted octanol–water partition coefficient (Wildman–Crippen LogP) is 2.79. The van der Waals surface area contributed by atoms with Gasteiger partial charge in [-0.15, -0.1) is 0 Å². The van der Waals surface area contributed by atoms with Crippen LogP contribution in [0.5, 0.6) is 0 Å². The van der Waals surface area contributed by atoms with Gasteiger partial charge in [-0.2, -0.15) is 5.48 Å². The maximum atomic E-state index is 13.7. The molecule has 22 heavy (non-hydrogen) atoms. The van der Waals surface area contributed by atoms with E-state index < -0.39 is 23.3 Å². The zero-order chi connectivity index (χ0) is 16.1. The fraction of sp³-hybridized carbons (Fsp3) is 0. The van der Waals surface area contributed by atoms with Gasteiger partial charge >= 0.3 is 5.97 Å². The SMILES string of the molecule is O=Cc1cc(F)c(C(=O)NOC(=O)c2ccccc2)cc1Cl. The monoisotopic (exact) mass is 321 g/mol. The molecule has 0 aliphatic rings. The van der Waals surface area contributed by atoms with Crippen molar-refractivity contribution >= 4 is 29.8 Å². The normalized spacial score (nSPS) is 9.91. The average molecular weight is 322 g/mol. The number of carbonyl (C=O) groups excluding carboxylic acids is 3. The lowest BCUT2D eigenvalue weighted by Crippen LogP contribution is -2.28. The minimum atomic E-state index is -0.999. The van der Waals surface area contributed by atoms with Crippen LogP contribution in [-0.4, -0.2) is 18.2 Å². The van der Waals surface area contributed by atoms with E-state index in [-0.39, 0.29) is 16.1 Å². The van der Waals surface area contributed by atoms with Gasteiger partial charge < -0.3 is 4.84 Å². The second-order valence-corrected chi connectivity index (χ2v) is 4.57. The Morgan fingerprint density at radius 3 is 2.50 bits per heavy atom. The van der Waals surface area contributed by atoms with E-state index in [4.69, 9.17) is 11.6 Å². The Hall–Kier alpha value is -2.73. The molecule has 0 aliphatic heterocycles. The summed E-state index contributed by atoms with van der Waals surface area (Å²) in [7, 11) is 0. The summed E-state index contributed by atoms with van der Waals surface area (Å²) >= 11 is 5.72. The van der Waals surface area contributed by atoms with Crippen LogP contribution in [0, 0.1) is 5.82 Å². The molecule has 2 aromatic rings. The van der Waals surface area contributed by atoms with Gasteiger partial charge in [-0.25, -0.2) is 9.18 Å². The van der Waals surface area contributed by atoms with Crippen LogP contribution in [0.3, 0.4) is 0 Å². The van der Waals surface area contributed by atoms with E-state index in [0.29, 0.717) is 6.29 Å². The van der Waals surface area contributed by atoms with Gasteiger partial charge in [-0.3, -0.25) is 9.59 Å². The number of benzene rings is 2. The van der Waals surface area contributed by atoms with Crippen molar-refractivity contribution in [2.75, 3.05) is 0 Å². The number of nitrogens with one attached hydrogen (secondary N) is 1. The molecule has 1 N–H and O–H groups in total. The number of hydroxylamine groups is 1. The predicted molar refractivity (Wildman–Crippen MR) is 76.1 cm³/mol. The fourth-order valence-electron chi connectivity index (χ4n) is 1.61. The quantitative estimate of drug-likeness (QED) is 0.697. The summed E-state index contributed by atoms with van der Waals surface area (Å²) in [6.45, 7) is 0. The van der Waals surface area contributed by atoms with Crippen LogP contribution < -0.4 is 5.48 Å². The van der Waals surface area contributed by atoms with Crippen molar-refractivity contribution in [3.63, 3.8) is 0 Å². The molecule has 0 unspecified atom stereocenters. The third kappa shape index (κ3) is 3.48. The molecule has 0 saturated heterocycles. The molecule has 0 aromatic heterocycles. The number of halogens is 2. The van der Waals surface area contributed by atoms with Crippen LogP contribution in [-0.2, 0) is 4.84 Å². The number of amides is 1.